The van der Waals surface area contributed by atoms with Crippen molar-refractivity contribution in [1.29, 1.82) is 0 Å². The molecule has 1 atom stereocenters. The van der Waals surface area contributed by atoms with Crippen molar-refractivity contribution < 1.29 is 23.1 Å². The fourth-order valence-corrected chi connectivity index (χ4v) is 2.03. The maximum Gasteiger partial charge on any atom is 0.393 e. The number of carboxylic acid groups (broad SMARTS) is 1. The van der Waals surface area contributed by atoms with Crippen molar-refractivity contribution in [2.75, 3.05) is 18.0 Å². The summed E-state index contributed by atoms with van der Waals surface area (Å²) in [5.74, 6) is -2.39. The first-order valence-electron chi connectivity index (χ1n) is 5.67. The number of carbonyl (C=O) groups is 1. The minimum Gasteiger partial charge on any atom is -0.478 e. The van der Waals surface area contributed by atoms with Gasteiger partial charge >= 0.3 is 12.1 Å². The minimum absolute atomic E-state index is 0.00654. The Bertz CT molecular complexity index is 504. The van der Waals surface area contributed by atoms with Crippen molar-refractivity contribution in [3.05, 3.63) is 17.5 Å². The molecular formula is C11H12F3N3O2. The summed E-state index contributed by atoms with van der Waals surface area (Å²) < 4.78 is 37.7. The molecule has 8 heteroatoms. The molecule has 1 unspecified atom stereocenters. The molecule has 1 aliphatic heterocycles. The van der Waals surface area contributed by atoms with Crippen molar-refractivity contribution in [3.63, 3.8) is 0 Å². The van der Waals surface area contributed by atoms with Gasteiger partial charge in [0.25, 0.3) is 0 Å². The lowest BCUT2D eigenvalue weighted by Crippen LogP contribution is -2.28. The summed E-state index contributed by atoms with van der Waals surface area (Å²) in [4.78, 5) is 20.0. The lowest BCUT2D eigenvalue weighted by atomic mass is 10.1. The lowest BCUT2D eigenvalue weighted by molar-refractivity contribution is -0.168. The number of alkyl halides is 3. The molecule has 0 aliphatic carbocycles. The number of aryl methyl sites for hydroxylation is 1. The fraction of sp³-hybridized carbons (Fsp3) is 0.545. The number of rotatable bonds is 2. The van der Waals surface area contributed by atoms with Gasteiger partial charge in [-0.3, -0.25) is 0 Å². The number of aromatic carboxylic acids is 1. The van der Waals surface area contributed by atoms with Crippen LogP contribution in [0.5, 0.6) is 0 Å². The van der Waals surface area contributed by atoms with Gasteiger partial charge in [-0.25, -0.2) is 14.8 Å². The van der Waals surface area contributed by atoms with Crippen LogP contribution < -0.4 is 4.90 Å². The summed E-state index contributed by atoms with van der Waals surface area (Å²) in [6.07, 6.45) is -3.09. The van der Waals surface area contributed by atoms with Gasteiger partial charge in [-0.15, -0.1) is 0 Å². The van der Waals surface area contributed by atoms with E-state index >= 15 is 0 Å². The molecule has 1 aromatic heterocycles. The molecule has 1 N–H and O–H groups in total. The van der Waals surface area contributed by atoms with Gasteiger partial charge in [-0.2, -0.15) is 13.2 Å². The average molecular weight is 275 g/mol. The summed E-state index contributed by atoms with van der Waals surface area (Å²) in [6.45, 7) is 1.53. The molecule has 0 amide bonds. The van der Waals surface area contributed by atoms with E-state index in [0.717, 1.165) is 6.20 Å². The normalized spacial score (nSPS) is 19.8. The van der Waals surface area contributed by atoms with Crippen LogP contribution in [-0.4, -0.2) is 40.3 Å². The smallest absolute Gasteiger partial charge is 0.393 e. The summed E-state index contributed by atoms with van der Waals surface area (Å²) in [5.41, 5.74) is 0.197. The first-order valence-corrected chi connectivity index (χ1v) is 5.67. The van der Waals surface area contributed by atoms with Crippen LogP contribution in [0.3, 0.4) is 0 Å². The molecule has 19 heavy (non-hydrogen) atoms. The zero-order valence-electron chi connectivity index (χ0n) is 10.1. The monoisotopic (exact) mass is 275 g/mol. The van der Waals surface area contributed by atoms with Crippen LogP contribution in [0.1, 0.15) is 22.5 Å². The van der Waals surface area contributed by atoms with Gasteiger partial charge in [0.05, 0.1) is 17.2 Å². The van der Waals surface area contributed by atoms with Crippen LogP contribution in [0.2, 0.25) is 0 Å². The van der Waals surface area contributed by atoms with Crippen LogP contribution >= 0.6 is 0 Å². The molecule has 2 rings (SSSR count). The summed E-state index contributed by atoms with van der Waals surface area (Å²) in [6, 6.07) is 0. The summed E-state index contributed by atoms with van der Waals surface area (Å²) in [7, 11) is 0. The second-order valence-electron chi connectivity index (χ2n) is 4.45. The standard InChI is InChI=1S/C11H12F3N3O2/c1-6-8(9(18)19)4-15-10(16-6)17-3-2-7(5-17)11(12,13)14/h4,7H,2-3,5H2,1H3,(H,18,19). The van der Waals surface area contributed by atoms with Gasteiger partial charge in [0, 0.05) is 19.3 Å². The molecule has 1 aliphatic rings. The number of anilines is 1. The van der Waals surface area contributed by atoms with Gasteiger partial charge in [-0.1, -0.05) is 0 Å². The van der Waals surface area contributed by atoms with Crippen molar-refractivity contribution in [1.82, 2.24) is 9.97 Å². The van der Waals surface area contributed by atoms with Crippen molar-refractivity contribution in [2.45, 2.75) is 19.5 Å². The Morgan fingerprint density at radius 1 is 1.53 bits per heavy atom. The molecule has 0 radical (unpaired) electrons. The molecule has 1 aromatic rings. The van der Waals surface area contributed by atoms with E-state index in [1.54, 1.807) is 0 Å². The molecule has 0 aromatic carbocycles. The largest absolute Gasteiger partial charge is 0.478 e. The zero-order valence-corrected chi connectivity index (χ0v) is 10.1. The molecule has 5 nitrogen and oxygen atoms in total. The Balaban J connectivity index is 2.16. The SMILES string of the molecule is Cc1nc(N2CCC(C(F)(F)F)C2)ncc1C(=O)O. The number of carboxylic acids is 1. The number of aromatic nitrogens is 2. The van der Waals surface area contributed by atoms with Gasteiger partial charge in [0.15, 0.2) is 0 Å². The minimum atomic E-state index is -4.22. The maximum absolute atomic E-state index is 12.6. The Labute approximate surface area is 107 Å². The Morgan fingerprint density at radius 3 is 2.68 bits per heavy atom. The first-order chi connectivity index (χ1) is 8.79. The van der Waals surface area contributed by atoms with Crippen LogP contribution in [0.4, 0.5) is 19.1 Å². The second kappa shape index (κ2) is 4.67. The molecular weight excluding hydrogens is 263 g/mol. The first kappa shape index (κ1) is 13.6. The van der Waals surface area contributed by atoms with Gasteiger partial charge in [0.1, 0.15) is 0 Å². The van der Waals surface area contributed by atoms with E-state index in [1.807, 2.05) is 0 Å². The quantitative estimate of drug-likeness (QED) is 0.892. The molecule has 1 saturated heterocycles. The van der Waals surface area contributed by atoms with Crippen molar-refractivity contribution in [3.8, 4) is 0 Å². The van der Waals surface area contributed by atoms with Crippen LogP contribution in [0, 0.1) is 12.8 Å². The molecule has 0 spiro atoms. The van der Waals surface area contributed by atoms with E-state index in [2.05, 4.69) is 9.97 Å². The van der Waals surface area contributed by atoms with Crippen molar-refractivity contribution in [2.24, 2.45) is 5.92 Å². The third-order valence-corrected chi connectivity index (χ3v) is 3.13. The molecule has 1 fully saturated rings. The number of hydrogen-bond donors (Lipinski definition) is 1. The van der Waals surface area contributed by atoms with E-state index < -0.39 is 18.1 Å². The highest BCUT2D eigenvalue weighted by Crippen LogP contribution is 2.34. The Morgan fingerprint density at radius 2 is 2.21 bits per heavy atom. The highest BCUT2D eigenvalue weighted by molar-refractivity contribution is 5.88. The third-order valence-electron chi connectivity index (χ3n) is 3.13. The Kier molecular flexibility index (Phi) is 3.34. The van der Waals surface area contributed by atoms with E-state index in [0.29, 0.717) is 0 Å². The Hall–Kier alpha value is -1.86. The van der Waals surface area contributed by atoms with Crippen LogP contribution in [0.25, 0.3) is 0 Å². The topological polar surface area (TPSA) is 66.3 Å². The summed E-state index contributed by atoms with van der Waals surface area (Å²) >= 11 is 0. The lowest BCUT2D eigenvalue weighted by Gasteiger charge is -2.18. The van der Waals surface area contributed by atoms with E-state index in [4.69, 9.17) is 5.11 Å². The van der Waals surface area contributed by atoms with Gasteiger partial charge in [-0.05, 0) is 13.3 Å². The zero-order chi connectivity index (χ0) is 14.2. The van der Waals surface area contributed by atoms with Crippen molar-refractivity contribution >= 4 is 11.9 Å². The number of halogens is 3. The number of hydrogen-bond acceptors (Lipinski definition) is 4. The molecule has 0 saturated carbocycles. The fourth-order valence-electron chi connectivity index (χ4n) is 2.03. The van der Waals surface area contributed by atoms with Crippen LogP contribution in [0.15, 0.2) is 6.20 Å². The molecule has 0 bridgehead atoms. The van der Waals surface area contributed by atoms with Gasteiger partial charge < -0.3 is 10.0 Å². The van der Waals surface area contributed by atoms with E-state index in [9.17, 15) is 18.0 Å². The van der Waals surface area contributed by atoms with E-state index in [-0.39, 0.29) is 36.7 Å². The van der Waals surface area contributed by atoms with E-state index in [1.165, 1.54) is 11.8 Å². The maximum atomic E-state index is 12.6. The molecule has 2 heterocycles. The third kappa shape index (κ3) is 2.77. The number of nitrogens with zero attached hydrogens (tertiary/aromatic N) is 3. The highest BCUT2D eigenvalue weighted by Gasteiger charge is 2.44. The predicted octanol–water partition coefficient (Wildman–Crippen LogP) is 1.87. The van der Waals surface area contributed by atoms with Gasteiger partial charge in [0.2, 0.25) is 5.95 Å². The van der Waals surface area contributed by atoms with Crippen LogP contribution in [-0.2, 0) is 0 Å². The summed E-state index contributed by atoms with van der Waals surface area (Å²) in [5, 5.41) is 8.83. The predicted molar refractivity (Wildman–Crippen MR) is 60.1 cm³/mol. The second-order valence-corrected chi connectivity index (χ2v) is 4.45. The highest BCUT2D eigenvalue weighted by atomic mass is 19.4. The molecule has 104 valence electrons. The average Bonchev–Trinajstić information content (AvgIpc) is 2.76.